The van der Waals surface area contributed by atoms with E-state index in [0.717, 1.165) is 23.8 Å². The fourth-order valence-corrected chi connectivity index (χ4v) is 2.98. The molecule has 8 heteroatoms. The summed E-state index contributed by atoms with van der Waals surface area (Å²) < 4.78 is 36.5. The molecule has 2 rings (SSSR count). The molecule has 2 aromatic rings. The number of amides is 1. The van der Waals surface area contributed by atoms with Crippen molar-refractivity contribution < 1.29 is 17.6 Å². The maximum absolute atomic E-state index is 13.8. The summed E-state index contributed by atoms with van der Waals surface area (Å²) in [5.74, 6) is -1.54. The first-order valence-corrected chi connectivity index (χ1v) is 8.97. The number of carbonyl (C=O) groups is 1. The van der Waals surface area contributed by atoms with Crippen molar-refractivity contribution in [2.24, 2.45) is 5.14 Å². The monoisotopic (exact) mass is 370 g/mol. The van der Waals surface area contributed by atoms with E-state index in [1.807, 2.05) is 6.07 Å². The van der Waals surface area contributed by atoms with E-state index in [-0.39, 0.29) is 16.5 Å². The number of hydrogen-bond acceptors (Lipinski definition) is 3. The number of halogens is 2. The Morgan fingerprint density at radius 1 is 1.29 bits per heavy atom. The van der Waals surface area contributed by atoms with Crippen LogP contribution in [0, 0.1) is 5.82 Å². The third-order valence-electron chi connectivity index (χ3n) is 3.32. The predicted molar refractivity (Wildman–Crippen MR) is 89.9 cm³/mol. The predicted octanol–water partition coefficient (Wildman–Crippen LogP) is 2.49. The molecule has 5 nitrogen and oxygen atoms in total. The van der Waals surface area contributed by atoms with Gasteiger partial charge in [0, 0.05) is 11.1 Å². The van der Waals surface area contributed by atoms with Crippen molar-refractivity contribution in [3.63, 3.8) is 0 Å². The zero-order chi connectivity index (χ0) is 17.9. The fourth-order valence-electron chi connectivity index (χ4n) is 2.23. The average molecular weight is 371 g/mol. The molecule has 0 aliphatic heterocycles. The molecule has 1 atom stereocenters. The summed E-state index contributed by atoms with van der Waals surface area (Å²) in [6.07, 6.45) is 0.489. The van der Waals surface area contributed by atoms with E-state index in [2.05, 4.69) is 5.32 Å². The Labute approximate surface area is 144 Å². The van der Waals surface area contributed by atoms with Gasteiger partial charge in [0.2, 0.25) is 10.0 Å². The van der Waals surface area contributed by atoms with Crippen LogP contribution in [0.25, 0.3) is 0 Å². The lowest BCUT2D eigenvalue weighted by Crippen LogP contribution is -2.34. The van der Waals surface area contributed by atoms with Gasteiger partial charge in [-0.3, -0.25) is 4.79 Å². The van der Waals surface area contributed by atoms with Gasteiger partial charge in [-0.25, -0.2) is 17.9 Å². The second kappa shape index (κ2) is 7.29. The molecule has 0 fully saturated rings. The van der Waals surface area contributed by atoms with Crippen molar-refractivity contribution in [2.45, 2.75) is 24.3 Å². The SMILES string of the molecule is CC(Cc1cccc(Cl)c1)NC(=O)c1cc(S(N)(=O)=O)ccc1F. The molecular formula is C16H16ClFN2O3S. The smallest absolute Gasteiger partial charge is 0.254 e. The van der Waals surface area contributed by atoms with Crippen LogP contribution in [0.4, 0.5) is 4.39 Å². The molecule has 2 aromatic carbocycles. The quantitative estimate of drug-likeness (QED) is 0.847. The molecule has 0 bridgehead atoms. The Bertz CT molecular complexity index is 871. The summed E-state index contributed by atoms with van der Waals surface area (Å²) in [5.41, 5.74) is 0.536. The van der Waals surface area contributed by atoms with Crippen molar-refractivity contribution >= 4 is 27.5 Å². The highest BCUT2D eigenvalue weighted by atomic mass is 35.5. The van der Waals surface area contributed by atoms with Crippen LogP contribution in [-0.2, 0) is 16.4 Å². The third-order valence-corrected chi connectivity index (χ3v) is 4.47. The Hall–Kier alpha value is -1.96. The molecule has 128 valence electrons. The van der Waals surface area contributed by atoms with Gasteiger partial charge in [-0.05, 0) is 49.2 Å². The fraction of sp³-hybridized carbons (Fsp3) is 0.188. The van der Waals surface area contributed by atoms with Crippen molar-refractivity contribution in [3.05, 3.63) is 64.4 Å². The zero-order valence-corrected chi connectivity index (χ0v) is 14.4. The number of primary sulfonamides is 1. The van der Waals surface area contributed by atoms with Gasteiger partial charge in [0.15, 0.2) is 0 Å². The summed E-state index contributed by atoms with van der Waals surface area (Å²) in [4.78, 5) is 11.9. The highest BCUT2D eigenvalue weighted by Crippen LogP contribution is 2.15. The lowest BCUT2D eigenvalue weighted by Gasteiger charge is -2.15. The molecule has 0 heterocycles. The molecule has 0 aliphatic rings. The lowest BCUT2D eigenvalue weighted by molar-refractivity contribution is 0.0936. The molecule has 1 amide bonds. The molecule has 0 saturated heterocycles. The Balaban J connectivity index is 2.14. The van der Waals surface area contributed by atoms with Crippen LogP contribution in [-0.4, -0.2) is 20.4 Å². The normalized spacial score (nSPS) is 12.7. The van der Waals surface area contributed by atoms with E-state index in [1.165, 1.54) is 0 Å². The van der Waals surface area contributed by atoms with Crippen LogP contribution in [0.1, 0.15) is 22.8 Å². The number of sulfonamides is 1. The highest BCUT2D eigenvalue weighted by Gasteiger charge is 2.18. The number of benzene rings is 2. The first-order valence-electron chi connectivity index (χ1n) is 7.04. The molecule has 0 spiro atoms. The van der Waals surface area contributed by atoms with Crippen molar-refractivity contribution in [1.82, 2.24) is 5.32 Å². The van der Waals surface area contributed by atoms with E-state index in [9.17, 15) is 17.6 Å². The number of rotatable bonds is 5. The second-order valence-corrected chi connectivity index (χ2v) is 7.39. The van der Waals surface area contributed by atoms with Crippen molar-refractivity contribution in [1.29, 1.82) is 0 Å². The van der Waals surface area contributed by atoms with E-state index < -0.39 is 21.7 Å². The van der Waals surface area contributed by atoms with E-state index >= 15 is 0 Å². The van der Waals surface area contributed by atoms with Gasteiger partial charge >= 0.3 is 0 Å². The topological polar surface area (TPSA) is 89.3 Å². The molecule has 0 aromatic heterocycles. The molecule has 0 saturated carbocycles. The minimum atomic E-state index is -4.02. The Morgan fingerprint density at radius 2 is 2.00 bits per heavy atom. The number of nitrogens with two attached hydrogens (primary N) is 1. The van der Waals surface area contributed by atoms with Crippen LogP contribution in [0.2, 0.25) is 5.02 Å². The first kappa shape index (κ1) is 18.4. The van der Waals surface area contributed by atoms with E-state index in [4.69, 9.17) is 16.7 Å². The average Bonchev–Trinajstić information content (AvgIpc) is 2.46. The van der Waals surface area contributed by atoms with Crippen molar-refractivity contribution in [2.75, 3.05) is 0 Å². The van der Waals surface area contributed by atoms with Crippen LogP contribution in [0.5, 0.6) is 0 Å². The minimum Gasteiger partial charge on any atom is -0.349 e. The van der Waals surface area contributed by atoms with Crippen LogP contribution in [0.15, 0.2) is 47.4 Å². The third kappa shape index (κ3) is 4.77. The standard InChI is InChI=1S/C16H16ClFN2O3S/c1-10(7-11-3-2-4-12(17)8-11)20-16(21)14-9-13(24(19,22)23)5-6-15(14)18/h2-6,8-10H,7H2,1H3,(H,20,21)(H2,19,22,23). The maximum atomic E-state index is 13.8. The zero-order valence-electron chi connectivity index (χ0n) is 12.8. The molecular weight excluding hydrogens is 355 g/mol. The van der Waals surface area contributed by atoms with Gasteiger partial charge in [-0.1, -0.05) is 23.7 Å². The second-order valence-electron chi connectivity index (χ2n) is 5.40. The molecule has 1 unspecified atom stereocenters. The maximum Gasteiger partial charge on any atom is 0.254 e. The Morgan fingerprint density at radius 3 is 2.62 bits per heavy atom. The summed E-state index contributed by atoms with van der Waals surface area (Å²) >= 11 is 5.91. The summed E-state index contributed by atoms with van der Waals surface area (Å²) in [7, 11) is -4.02. The molecule has 3 N–H and O–H groups in total. The number of nitrogens with one attached hydrogen (secondary N) is 1. The van der Waals surface area contributed by atoms with Gasteiger partial charge < -0.3 is 5.32 Å². The number of hydrogen-bond donors (Lipinski definition) is 2. The van der Waals surface area contributed by atoms with Gasteiger partial charge in [0.1, 0.15) is 5.82 Å². The van der Waals surface area contributed by atoms with Crippen LogP contribution < -0.4 is 10.5 Å². The first-order chi connectivity index (χ1) is 11.2. The molecule has 0 radical (unpaired) electrons. The molecule has 0 aliphatic carbocycles. The summed E-state index contributed by atoms with van der Waals surface area (Å²) in [5, 5.41) is 8.21. The lowest BCUT2D eigenvalue weighted by atomic mass is 10.1. The van der Waals surface area contributed by atoms with Gasteiger partial charge in [0.25, 0.3) is 5.91 Å². The van der Waals surface area contributed by atoms with Crippen LogP contribution >= 0.6 is 11.6 Å². The Kier molecular flexibility index (Phi) is 5.58. The molecule has 24 heavy (non-hydrogen) atoms. The van der Waals surface area contributed by atoms with E-state index in [0.29, 0.717) is 11.4 Å². The summed E-state index contributed by atoms with van der Waals surface area (Å²) in [6, 6.07) is 9.68. The van der Waals surface area contributed by atoms with E-state index in [1.54, 1.807) is 25.1 Å². The van der Waals surface area contributed by atoms with Crippen LogP contribution in [0.3, 0.4) is 0 Å². The summed E-state index contributed by atoms with van der Waals surface area (Å²) in [6.45, 7) is 1.75. The van der Waals surface area contributed by atoms with Gasteiger partial charge in [0.05, 0.1) is 10.5 Å². The highest BCUT2D eigenvalue weighted by molar-refractivity contribution is 7.89. The van der Waals surface area contributed by atoms with Gasteiger partial charge in [-0.2, -0.15) is 0 Å². The number of carbonyl (C=O) groups excluding carboxylic acids is 1. The van der Waals surface area contributed by atoms with Gasteiger partial charge in [-0.15, -0.1) is 0 Å². The van der Waals surface area contributed by atoms with Crippen molar-refractivity contribution in [3.8, 4) is 0 Å². The largest absolute Gasteiger partial charge is 0.349 e. The minimum absolute atomic E-state index is 0.312.